The summed E-state index contributed by atoms with van der Waals surface area (Å²) in [5.41, 5.74) is 2.24. The van der Waals surface area contributed by atoms with Gasteiger partial charge < -0.3 is 0 Å². The molecule has 2 aromatic rings. The van der Waals surface area contributed by atoms with E-state index in [1.54, 1.807) is 23.0 Å². The van der Waals surface area contributed by atoms with Crippen molar-refractivity contribution in [3.63, 3.8) is 0 Å². The van der Waals surface area contributed by atoms with Crippen LogP contribution < -0.4 is 0 Å². The molecular formula is C10H6N4. The minimum absolute atomic E-state index is 0.272. The molecule has 0 N–H and O–H groups in total. The smallest absolute Gasteiger partial charge is 0.293 e. The van der Waals surface area contributed by atoms with Crippen LogP contribution in [0, 0.1) is 13.1 Å². The summed E-state index contributed by atoms with van der Waals surface area (Å²) in [6, 6.07) is 5.28. The van der Waals surface area contributed by atoms with Gasteiger partial charge in [0.1, 0.15) is 6.33 Å². The molecule has 0 atom stereocenters. The van der Waals surface area contributed by atoms with E-state index in [2.05, 4.69) is 14.7 Å². The Balaban J connectivity index is 2.62. The molecule has 0 radical (unpaired) electrons. The van der Waals surface area contributed by atoms with Crippen LogP contribution in [0.3, 0.4) is 0 Å². The first-order valence-corrected chi connectivity index (χ1v) is 4.00. The van der Waals surface area contributed by atoms with Crippen molar-refractivity contribution >= 4 is 16.7 Å². The van der Waals surface area contributed by atoms with Crippen molar-refractivity contribution in [1.82, 2.24) is 9.55 Å². The van der Waals surface area contributed by atoms with E-state index in [9.17, 15) is 0 Å². The number of fused-ring (bicyclic) bond motifs is 1. The van der Waals surface area contributed by atoms with Crippen LogP contribution in [0.15, 0.2) is 24.5 Å². The number of benzene rings is 1. The summed E-state index contributed by atoms with van der Waals surface area (Å²) < 4.78 is 1.76. The SMILES string of the molecule is [C-]#[N+]Cn1cnc2cc([N+]#[C-])ccc21. The second-order valence-corrected chi connectivity index (χ2v) is 2.80. The van der Waals surface area contributed by atoms with Crippen LogP contribution in [0.5, 0.6) is 0 Å². The standard InChI is InChI=1S/C10H6N4/c1-11-6-14-7-13-9-5-8(12-2)3-4-10(9)14/h3-5,7H,6H2. The third-order valence-electron chi connectivity index (χ3n) is 1.96. The molecule has 2 rings (SSSR count). The zero-order valence-electron chi connectivity index (χ0n) is 7.31. The van der Waals surface area contributed by atoms with Crippen molar-refractivity contribution in [2.75, 3.05) is 0 Å². The van der Waals surface area contributed by atoms with Crippen molar-refractivity contribution in [3.05, 3.63) is 47.4 Å². The largest absolute Gasteiger partial charge is 0.294 e. The Morgan fingerprint density at radius 3 is 2.93 bits per heavy atom. The summed E-state index contributed by atoms with van der Waals surface area (Å²) in [7, 11) is 0. The van der Waals surface area contributed by atoms with Crippen molar-refractivity contribution in [1.29, 1.82) is 0 Å². The molecule has 0 saturated heterocycles. The molecule has 4 nitrogen and oxygen atoms in total. The van der Waals surface area contributed by atoms with Gasteiger partial charge in [0.15, 0.2) is 5.69 Å². The predicted octanol–water partition coefficient (Wildman–Crippen LogP) is 2.46. The molecule has 0 aliphatic rings. The van der Waals surface area contributed by atoms with E-state index in [1.807, 2.05) is 6.07 Å². The van der Waals surface area contributed by atoms with Crippen LogP contribution in [0.2, 0.25) is 0 Å². The highest BCUT2D eigenvalue weighted by atomic mass is 15.1. The molecule has 66 valence electrons. The lowest BCUT2D eigenvalue weighted by molar-refractivity contribution is 0.845. The number of rotatable bonds is 1. The Hall–Kier alpha value is -2.33. The van der Waals surface area contributed by atoms with Crippen LogP contribution in [-0.2, 0) is 6.67 Å². The summed E-state index contributed by atoms with van der Waals surface area (Å²) in [6.07, 6.45) is 1.62. The van der Waals surface area contributed by atoms with Crippen LogP contribution >= 0.6 is 0 Å². The molecule has 4 heteroatoms. The Labute approximate surface area is 81.1 Å². The first-order valence-electron chi connectivity index (χ1n) is 4.00. The molecule has 1 aromatic carbocycles. The van der Waals surface area contributed by atoms with Crippen molar-refractivity contribution in [2.24, 2.45) is 0 Å². The van der Waals surface area contributed by atoms with Gasteiger partial charge in [-0.05, 0) is 12.1 Å². The third kappa shape index (κ3) is 1.19. The number of aromatic nitrogens is 2. The van der Waals surface area contributed by atoms with Gasteiger partial charge in [-0.25, -0.2) is 16.4 Å². The number of hydrogen-bond acceptors (Lipinski definition) is 1. The van der Waals surface area contributed by atoms with E-state index < -0.39 is 0 Å². The van der Waals surface area contributed by atoms with Gasteiger partial charge in [-0.2, -0.15) is 0 Å². The topological polar surface area (TPSA) is 26.5 Å². The van der Waals surface area contributed by atoms with Gasteiger partial charge in [-0.3, -0.25) is 9.41 Å². The molecule has 1 aromatic heterocycles. The average molecular weight is 182 g/mol. The fourth-order valence-electron chi connectivity index (χ4n) is 1.31. The molecule has 0 bridgehead atoms. The average Bonchev–Trinajstić information content (AvgIpc) is 2.61. The normalized spacial score (nSPS) is 9.57. The number of hydrogen-bond donors (Lipinski definition) is 0. The molecule has 0 aliphatic carbocycles. The predicted molar refractivity (Wildman–Crippen MR) is 52.6 cm³/mol. The molecule has 0 fully saturated rings. The van der Waals surface area contributed by atoms with Gasteiger partial charge >= 0.3 is 0 Å². The Morgan fingerprint density at radius 1 is 1.36 bits per heavy atom. The number of imidazole rings is 1. The molecule has 0 aliphatic heterocycles. The fourth-order valence-corrected chi connectivity index (χ4v) is 1.31. The first kappa shape index (κ1) is 8.28. The molecule has 0 amide bonds. The summed E-state index contributed by atoms with van der Waals surface area (Å²) in [5.74, 6) is 0. The van der Waals surface area contributed by atoms with Crippen LogP contribution in [0.25, 0.3) is 20.7 Å². The molecule has 0 spiro atoms. The summed E-state index contributed by atoms with van der Waals surface area (Å²) in [4.78, 5) is 10.7. The van der Waals surface area contributed by atoms with Crippen LogP contribution in [0.1, 0.15) is 0 Å². The van der Waals surface area contributed by atoms with Crippen molar-refractivity contribution < 1.29 is 0 Å². The van der Waals surface area contributed by atoms with E-state index >= 15 is 0 Å². The lowest BCUT2D eigenvalue weighted by Crippen LogP contribution is -1.89. The fraction of sp³-hybridized carbons (Fsp3) is 0.100. The van der Waals surface area contributed by atoms with E-state index in [1.165, 1.54) is 0 Å². The summed E-state index contributed by atoms with van der Waals surface area (Å²) >= 11 is 0. The van der Waals surface area contributed by atoms with E-state index in [4.69, 9.17) is 13.1 Å². The minimum Gasteiger partial charge on any atom is -0.293 e. The maximum absolute atomic E-state index is 6.85. The van der Waals surface area contributed by atoms with Crippen LogP contribution in [0.4, 0.5) is 5.69 Å². The van der Waals surface area contributed by atoms with Crippen LogP contribution in [-0.4, -0.2) is 9.55 Å². The lowest BCUT2D eigenvalue weighted by atomic mass is 10.3. The van der Waals surface area contributed by atoms with E-state index in [-0.39, 0.29) is 6.67 Å². The van der Waals surface area contributed by atoms with E-state index in [0.717, 1.165) is 11.0 Å². The second kappa shape index (κ2) is 3.20. The number of nitrogens with zero attached hydrogens (tertiary/aromatic N) is 4. The monoisotopic (exact) mass is 182 g/mol. The summed E-state index contributed by atoms with van der Waals surface area (Å²) in [5, 5.41) is 0. The van der Waals surface area contributed by atoms with Crippen molar-refractivity contribution in [3.8, 4) is 0 Å². The Bertz CT molecular complexity index is 553. The summed E-state index contributed by atoms with van der Waals surface area (Å²) in [6.45, 7) is 13.9. The van der Waals surface area contributed by atoms with Gasteiger partial charge in [-0.15, -0.1) is 0 Å². The highest BCUT2D eigenvalue weighted by Gasteiger charge is 2.03. The van der Waals surface area contributed by atoms with Crippen molar-refractivity contribution in [2.45, 2.75) is 6.67 Å². The lowest BCUT2D eigenvalue weighted by Gasteiger charge is -1.94. The molecule has 0 saturated carbocycles. The highest BCUT2D eigenvalue weighted by Crippen LogP contribution is 2.20. The Morgan fingerprint density at radius 2 is 2.21 bits per heavy atom. The van der Waals surface area contributed by atoms with Gasteiger partial charge in [0.2, 0.25) is 0 Å². The molecular weight excluding hydrogens is 176 g/mol. The maximum atomic E-state index is 6.85. The maximum Gasteiger partial charge on any atom is 0.294 e. The quantitative estimate of drug-likeness (QED) is 0.622. The highest BCUT2D eigenvalue weighted by molar-refractivity contribution is 5.79. The van der Waals surface area contributed by atoms with Gasteiger partial charge in [0.25, 0.3) is 6.67 Å². The zero-order valence-corrected chi connectivity index (χ0v) is 7.31. The molecule has 1 heterocycles. The van der Waals surface area contributed by atoms with E-state index in [0.29, 0.717) is 5.69 Å². The molecule has 14 heavy (non-hydrogen) atoms. The zero-order chi connectivity index (χ0) is 9.97. The molecule has 0 unspecified atom stereocenters. The Kier molecular flexibility index (Phi) is 1.89. The van der Waals surface area contributed by atoms with Gasteiger partial charge in [0.05, 0.1) is 17.6 Å². The van der Waals surface area contributed by atoms with Gasteiger partial charge in [-0.1, -0.05) is 6.07 Å². The second-order valence-electron chi connectivity index (χ2n) is 2.80. The third-order valence-corrected chi connectivity index (χ3v) is 1.96. The minimum atomic E-state index is 0.272. The first-order chi connectivity index (χ1) is 6.85. The van der Waals surface area contributed by atoms with Gasteiger partial charge in [0, 0.05) is 0 Å².